The highest BCUT2D eigenvalue weighted by atomic mass is 32.2. The molecular weight excluding hydrogens is 425 g/mol. The Labute approximate surface area is 191 Å². The van der Waals surface area contributed by atoms with Gasteiger partial charge in [0.05, 0.1) is 16.8 Å². The topological polar surface area (TPSA) is 64.9 Å². The van der Waals surface area contributed by atoms with Crippen LogP contribution in [-0.4, -0.2) is 19.7 Å². The summed E-state index contributed by atoms with van der Waals surface area (Å²) in [4.78, 5) is 10.4. The summed E-state index contributed by atoms with van der Waals surface area (Å²) >= 11 is 1.35. The highest BCUT2D eigenvalue weighted by molar-refractivity contribution is 8.00. The van der Waals surface area contributed by atoms with Gasteiger partial charge >= 0.3 is 0 Å². The number of para-hydroxylation sites is 1. The predicted octanol–water partition coefficient (Wildman–Crippen LogP) is 6.36. The number of nitrogens with one attached hydrogen (secondary N) is 1. The van der Waals surface area contributed by atoms with Crippen molar-refractivity contribution in [1.82, 2.24) is 19.7 Å². The summed E-state index contributed by atoms with van der Waals surface area (Å²) in [6.45, 7) is 6.13. The van der Waals surface area contributed by atoms with Crippen LogP contribution in [0.25, 0.3) is 11.3 Å². The molecule has 0 aliphatic rings. The lowest BCUT2D eigenvalue weighted by molar-refractivity contribution is 0.420. The smallest absolute Gasteiger partial charge is 0.237 e. The number of hydrogen-bond donors (Lipinski definition) is 1. The molecule has 0 saturated heterocycles. The van der Waals surface area contributed by atoms with E-state index in [0.29, 0.717) is 11.8 Å². The van der Waals surface area contributed by atoms with Crippen LogP contribution in [0.15, 0.2) is 65.8 Å². The molecule has 0 radical (unpaired) electrons. The van der Waals surface area contributed by atoms with Gasteiger partial charge in [0.25, 0.3) is 0 Å². The van der Waals surface area contributed by atoms with Crippen molar-refractivity contribution in [2.24, 2.45) is 7.05 Å². The van der Waals surface area contributed by atoms with Gasteiger partial charge in [-0.15, -0.1) is 0 Å². The maximum Gasteiger partial charge on any atom is 0.237 e. The SMILES string of the molecule is Cc1ccccc1-c1nc(NSc2cnn(C)c2)nc(Oc2ccccc2F)c1C(C)C. The van der Waals surface area contributed by atoms with E-state index in [-0.39, 0.29) is 11.7 Å². The lowest BCUT2D eigenvalue weighted by Gasteiger charge is -2.19. The molecule has 0 aliphatic heterocycles. The zero-order chi connectivity index (χ0) is 22.7. The summed E-state index contributed by atoms with van der Waals surface area (Å²) in [7, 11) is 1.86. The Bertz CT molecular complexity index is 1240. The number of benzene rings is 2. The van der Waals surface area contributed by atoms with Gasteiger partial charge < -0.3 is 4.74 Å². The second kappa shape index (κ2) is 9.40. The molecule has 8 heteroatoms. The summed E-state index contributed by atoms with van der Waals surface area (Å²) in [5, 5.41) is 4.17. The second-order valence-electron chi connectivity index (χ2n) is 7.67. The number of rotatable bonds is 7. The van der Waals surface area contributed by atoms with Crippen molar-refractivity contribution in [3.63, 3.8) is 0 Å². The largest absolute Gasteiger partial charge is 0.435 e. The predicted molar refractivity (Wildman–Crippen MR) is 125 cm³/mol. The van der Waals surface area contributed by atoms with Gasteiger partial charge in [-0.25, -0.2) is 9.37 Å². The molecular formula is C24H24FN5OS. The van der Waals surface area contributed by atoms with Gasteiger partial charge in [-0.05, 0) is 42.5 Å². The Morgan fingerprint density at radius 3 is 2.50 bits per heavy atom. The van der Waals surface area contributed by atoms with Crippen LogP contribution in [0.4, 0.5) is 10.3 Å². The van der Waals surface area contributed by atoms with Crippen molar-refractivity contribution in [1.29, 1.82) is 0 Å². The van der Waals surface area contributed by atoms with Gasteiger partial charge in [-0.1, -0.05) is 50.2 Å². The first-order valence-corrected chi connectivity index (χ1v) is 11.1. The summed E-state index contributed by atoms with van der Waals surface area (Å²) in [6.07, 6.45) is 3.64. The van der Waals surface area contributed by atoms with Crippen LogP contribution >= 0.6 is 11.9 Å². The molecule has 0 bridgehead atoms. The Morgan fingerprint density at radius 1 is 1.06 bits per heavy atom. The molecule has 2 aromatic carbocycles. The monoisotopic (exact) mass is 449 g/mol. The van der Waals surface area contributed by atoms with Gasteiger partial charge in [0.15, 0.2) is 11.6 Å². The minimum atomic E-state index is -0.447. The van der Waals surface area contributed by atoms with E-state index in [2.05, 4.69) is 14.8 Å². The van der Waals surface area contributed by atoms with Crippen molar-refractivity contribution in [2.75, 3.05) is 4.72 Å². The second-order valence-corrected chi connectivity index (χ2v) is 8.55. The Kier molecular flexibility index (Phi) is 6.41. The highest BCUT2D eigenvalue weighted by Crippen LogP contribution is 2.39. The standard InChI is InChI=1S/C24H24FN5OS/c1-15(2)21-22(18-10-6-5-9-16(18)3)27-24(29-32-17-13-26-30(4)14-17)28-23(21)31-20-12-8-7-11-19(20)25/h5-15H,1-4H3,(H,27,28,29). The summed E-state index contributed by atoms with van der Waals surface area (Å²) < 4.78 is 25.3. The molecule has 0 saturated carbocycles. The van der Waals surface area contributed by atoms with Crippen molar-refractivity contribution in [2.45, 2.75) is 31.6 Å². The first kappa shape index (κ1) is 21.8. The van der Waals surface area contributed by atoms with Crippen LogP contribution in [0.5, 0.6) is 11.6 Å². The Morgan fingerprint density at radius 2 is 1.81 bits per heavy atom. The molecule has 0 aliphatic carbocycles. The van der Waals surface area contributed by atoms with Gasteiger partial charge in [-0.3, -0.25) is 9.40 Å². The number of halogens is 1. The summed E-state index contributed by atoms with van der Waals surface area (Å²) in [5.41, 5.74) is 3.63. The molecule has 0 fully saturated rings. The lowest BCUT2D eigenvalue weighted by Crippen LogP contribution is -2.07. The number of ether oxygens (including phenoxy) is 1. The number of anilines is 1. The molecule has 2 heterocycles. The fraction of sp³-hybridized carbons (Fsp3) is 0.208. The van der Waals surface area contributed by atoms with Crippen LogP contribution in [-0.2, 0) is 7.05 Å². The highest BCUT2D eigenvalue weighted by Gasteiger charge is 2.22. The van der Waals surface area contributed by atoms with Gasteiger partial charge in [-0.2, -0.15) is 10.1 Å². The number of aromatic nitrogens is 4. The third-order valence-corrected chi connectivity index (χ3v) is 5.60. The molecule has 164 valence electrons. The van der Waals surface area contributed by atoms with Crippen LogP contribution in [0.1, 0.15) is 30.9 Å². The third-order valence-electron chi connectivity index (χ3n) is 4.87. The summed E-state index contributed by atoms with van der Waals surface area (Å²) in [6, 6.07) is 14.3. The van der Waals surface area contributed by atoms with E-state index in [1.807, 2.05) is 58.3 Å². The zero-order valence-corrected chi connectivity index (χ0v) is 19.2. The maximum atomic E-state index is 14.4. The molecule has 0 amide bonds. The molecule has 0 atom stereocenters. The first-order valence-electron chi connectivity index (χ1n) is 10.2. The van der Waals surface area contributed by atoms with Gasteiger partial charge in [0.2, 0.25) is 11.8 Å². The summed E-state index contributed by atoms with van der Waals surface area (Å²) in [5.74, 6) is 0.416. The third kappa shape index (κ3) is 4.75. The number of aryl methyl sites for hydroxylation is 2. The molecule has 1 N–H and O–H groups in total. The van der Waals surface area contributed by atoms with Crippen molar-refractivity contribution in [3.05, 3.63) is 77.9 Å². The van der Waals surface area contributed by atoms with Crippen molar-refractivity contribution in [3.8, 4) is 22.9 Å². The van der Waals surface area contributed by atoms with E-state index in [4.69, 9.17) is 9.72 Å². The van der Waals surface area contributed by atoms with E-state index in [9.17, 15) is 4.39 Å². The fourth-order valence-electron chi connectivity index (χ4n) is 3.32. The Balaban J connectivity index is 1.82. The number of hydrogen-bond acceptors (Lipinski definition) is 6. The molecule has 6 nitrogen and oxygen atoms in total. The van der Waals surface area contributed by atoms with Crippen molar-refractivity contribution >= 4 is 17.9 Å². The molecule has 4 rings (SSSR count). The van der Waals surface area contributed by atoms with Crippen LogP contribution in [0, 0.1) is 12.7 Å². The fourth-order valence-corrected chi connectivity index (χ4v) is 3.93. The van der Waals surface area contributed by atoms with Gasteiger partial charge in [0.1, 0.15) is 0 Å². The van der Waals surface area contributed by atoms with E-state index in [0.717, 1.165) is 27.3 Å². The van der Waals surface area contributed by atoms with E-state index < -0.39 is 5.82 Å². The van der Waals surface area contributed by atoms with Crippen LogP contribution in [0.3, 0.4) is 0 Å². The first-order chi connectivity index (χ1) is 15.4. The molecule has 0 unspecified atom stereocenters. The average molecular weight is 450 g/mol. The van der Waals surface area contributed by atoms with Gasteiger partial charge in [0, 0.05) is 24.4 Å². The van der Waals surface area contributed by atoms with E-state index >= 15 is 0 Å². The maximum absolute atomic E-state index is 14.4. The minimum absolute atomic E-state index is 0.0476. The number of nitrogens with zero attached hydrogens (tertiary/aromatic N) is 4. The molecule has 32 heavy (non-hydrogen) atoms. The van der Waals surface area contributed by atoms with E-state index in [1.54, 1.807) is 29.1 Å². The zero-order valence-electron chi connectivity index (χ0n) is 18.3. The molecule has 2 aromatic heterocycles. The quantitative estimate of drug-likeness (QED) is 0.331. The Hall–Kier alpha value is -3.39. The van der Waals surface area contributed by atoms with Crippen LogP contribution < -0.4 is 9.46 Å². The normalized spacial score (nSPS) is 11.1. The van der Waals surface area contributed by atoms with E-state index in [1.165, 1.54) is 18.0 Å². The van der Waals surface area contributed by atoms with Crippen LogP contribution in [0.2, 0.25) is 0 Å². The lowest BCUT2D eigenvalue weighted by atomic mass is 9.95. The minimum Gasteiger partial charge on any atom is -0.435 e. The van der Waals surface area contributed by atoms with Crippen molar-refractivity contribution < 1.29 is 9.13 Å². The average Bonchev–Trinajstić information content (AvgIpc) is 3.19. The molecule has 0 spiro atoms. The molecule has 4 aromatic rings.